The second kappa shape index (κ2) is 4.33. The summed E-state index contributed by atoms with van der Waals surface area (Å²) in [5.74, 6) is -1.31. The average molecular weight is 339 g/mol. The minimum absolute atomic E-state index is 0. The van der Waals surface area contributed by atoms with Gasteiger partial charge in [0.05, 0.1) is 0 Å². The predicted octanol–water partition coefficient (Wildman–Crippen LogP) is 1.09. The van der Waals surface area contributed by atoms with Gasteiger partial charge < -0.3 is 10.2 Å². The summed E-state index contributed by atoms with van der Waals surface area (Å²) in [5.41, 5.74) is -0.0671. The maximum atomic E-state index is 10.3. The third-order valence-corrected chi connectivity index (χ3v) is 1.13. The number of aromatic carboxylic acids is 1. The van der Waals surface area contributed by atoms with Gasteiger partial charge in [0.15, 0.2) is 0 Å². The number of carboxylic acids is 1. The summed E-state index contributed by atoms with van der Waals surface area (Å²) in [4.78, 5) is 10.3. The van der Waals surface area contributed by atoms with Gasteiger partial charge in [-0.3, -0.25) is 0 Å². The van der Waals surface area contributed by atoms with Crippen molar-refractivity contribution in [3.63, 3.8) is 0 Å². The van der Waals surface area contributed by atoms with Gasteiger partial charge in [-0.1, -0.05) is 12.1 Å². The zero-order chi connectivity index (χ0) is 7.56. The van der Waals surface area contributed by atoms with E-state index in [1.165, 1.54) is 12.1 Å². The fourth-order valence-corrected chi connectivity index (χ4v) is 0.654. The van der Waals surface area contributed by atoms with Crippen molar-refractivity contribution < 1.29 is 42.7 Å². The van der Waals surface area contributed by atoms with Crippen LogP contribution in [0.15, 0.2) is 24.3 Å². The molecule has 0 aromatic heterocycles. The molecule has 0 atom stereocenters. The standard InChI is InChI=1S/C7H6O3.Hg/c8-6-4-2-1-3-5(6)7(9)10;/h1-4,8H,(H,9,10);/q;+1. The first kappa shape index (κ1) is 10.4. The second-order valence-corrected chi connectivity index (χ2v) is 1.82. The fourth-order valence-electron chi connectivity index (χ4n) is 0.654. The normalized spacial score (nSPS) is 8.36. The number of hydrogen-bond donors (Lipinski definition) is 2. The molecule has 0 heterocycles. The van der Waals surface area contributed by atoms with Crippen LogP contribution in [0.5, 0.6) is 5.75 Å². The van der Waals surface area contributed by atoms with Crippen molar-refractivity contribution in [1.82, 2.24) is 0 Å². The second-order valence-electron chi connectivity index (χ2n) is 1.82. The van der Waals surface area contributed by atoms with Crippen molar-refractivity contribution in [2.75, 3.05) is 0 Å². The largest absolute Gasteiger partial charge is 1.00 e. The number of benzene rings is 1. The van der Waals surface area contributed by atoms with Crippen molar-refractivity contribution in [2.24, 2.45) is 0 Å². The molecular formula is C7H6HgO3+. The molecule has 0 saturated heterocycles. The predicted molar refractivity (Wildman–Crippen MR) is 35.1 cm³/mol. The van der Waals surface area contributed by atoms with Gasteiger partial charge in [-0.2, -0.15) is 0 Å². The smallest absolute Gasteiger partial charge is 0.507 e. The van der Waals surface area contributed by atoms with E-state index in [1.807, 2.05) is 0 Å². The number of hydrogen-bond acceptors (Lipinski definition) is 2. The molecule has 11 heavy (non-hydrogen) atoms. The molecule has 0 aliphatic carbocycles. The van der Waals surface area contributed by atoms with Crippen LogP contribution in [-0.4, -0.2) is 16.2 Å². The van der Waals surface area contributed by atoms with Crippen LogP contribution in [0.25, 0.3) is 0 Å². The van der Waals surface area contributed by atoms with Gasteiger partial charge in [-0.25, -0.2) is 4.79 Å². The van der Waals surface area contributed by atoms with Crippen LogP contribution >= 0.6 is 0 Å². The monoisotopic (exact) mass is 340 g/mol. The van der Waals surface area contributed by atoms with Crippen LogP contribution in [0.2, 0.25) is 0 Å². The van der Waals surface area contributed by atoms with Crippen molar-refractivity contribution >= 4 is 5.97 Å². The Labute approximate surface area is 84.2 Å². The van der Waals surface area contributed by atoms with E-state index in [0.717, 1.165) is 0 Å². The van der Waals surface area contributed by atoms with Crippen molar-refractivity contribution in [1.29, 1.82) is 0 Å². The van der Waals surface area contributed by atoms with Gasteiger partial charge in [-0.15, -0.1) is 0 Å². The molecule has 1 radical (unpaired) electrons. The van der Waals surface area contributed by atoms with Crippen LogP contribution in [0, 0.1) is 0 Å². The van der Waals surface area contributed by atoms with E-state index in [2.05, 4.69) is 0 Å². The number of phenols is 1. The summed E-state index contributed by atoms with van der Waals surface area (Å²) < 4.78 is 0. The Bertz CT molecular complexity index is 260. The van der Waals surface area contributed by atoms with Crippen molar-refractivity contribution in [3.05, 3.63) is 29.8 Å². The van der Waals surface area contributed by atoms with Crippen LogP contribution in [-0.2, 0) is 27.7 Å². The number of rotatable bonds is 1. The zero-order valence-electron chi connectivity index (χ0n) is 5.82. The van der Waals surface area contributed by atoms with E-state index in [-0.39, 0.29) is 39.0 Å². The summed E-state index contributed by atoms with van der Waals surface area (Å²) in [5, 5.41) is 17.3. The minimum atomic E-state index is -1.11. The topological polar surface area (TPSA) is 57.5 Å². The summed E-state index contributed by atoms with van der Waals surface area (Å²) >= 11 is 0. The average Bonchev–Trinajstić information content (AvgIpc) is 1.88. The third kappa shape index (κ3) is 2.50. The molecule has 1 aromatic rings. The van der Waals surface area contributed by atoms with E-state index in [0.29, 0.717) is 0 Å². The molecule has 2 N–H and O–H groups in total. The van der Waals surface area contributed by atoms with Gasteiger partial charge in [0.25, 0.3) is 0 Å². The third-order valence-electron chi connectivity index (χ3n) is 1.13. The maximum Gasteiger partial charge on any atom is 1.00 e. The number of para-hydroxylation sites is 1. The quantitative estimate of drug-likeness (QED) is 0.754. The van der Waals surface area contributed by atoms with E-state index < -0.39 is 5.97 Å². The number of aromatic hydroxyl groups is 1. The first-order chi connectivity index (χ1) is 4.72. The summed E-state index contributed by atoms with van der Waals surface area (Å²) in [6.07, 6.45) is 0. The fraction of sp³-hybridized carbons (Fsp3) is 0. The maximum absolute atomic E-state index is 10.3. The van der Waals surface area contributed by atoms with E-state index in [4.69, 9.17) is 10.2 Å². The van der Waals surface area contributed by atoms with E-state index in [1.54, 1.807) is 12.1 Å². The summed E-state index contributed by atoms with van der Waals surface area (Å²) in [6, 6.07) is 5.81. The molecule has 1 rings (SSSR count). The van der Waals surface area contributed by atoms with Crippen molar-refractivity contribution in [3.8, 4) is 5.75 Å². The SMILES string of the molecule is O=C(O)c1ccccc1O.[Hg+]. The molecule has 3 nitrogen and oxygen atoms in total. The van der Waals surface area contributed by atoms with Crippen LogP contribution < -0.4 is 0 Å². The first-order valence-electron chi connectivity index (χ1n) is 2.73. The molecule has 4 heteroatoms. The van der Waals surface area contributed by atoms with Gasteiger partial charge >= 0.3 is 33.6 Å². The Kier molecular flexibility index (Phi) is 4.11. The molecule has 0 spiro atoms. The number of carbonyl (C=O) groups is 1. The van der Waals surface area contributed by atoms with Crippen LogP contribution in [0.3, 0.4) is 0 Å². The number of carboxylic acid groups (broad SMARTS) is 1. The van der Waals surface area contributed by atoms with Gasteiger partial charge in [0.1, 0.15) is 11.3 Å². The Balaban J connectivity index is 0.000001000. The van der Waals surface area contributed by atoms with Crippen LogP contribution in [0.4, 0.5) is 0 Å². The molecule has 1 aromatic carbocycles. The zero-order valence-corrected chi connectivity index (χ0v) is 11.3. The Morgan fingerprint density at radius 2 is 1.82 bits per heavy atom. The summed E-state index contributed by atoms with van der Waals surface area (Å²) in [6.45, 7) is 0. The molecule has 53 valence electrons. The minimum Gasteiger partial charge on any atom is -0.507 e. The molecule has 0 saturated carbocycles. The molecule has 0 aliphatic heterocycles. The van der Waals surface area contributed by atoms with Crippen LogP contribution in [0.1, 0.15) is 10.4 Å². The first-order valence-corrected chi connectivity index (χ1v) is 2.73. The van der Waals surface area contributed by atoms with Gasteiger partial charge in [-0.05, 0) is 12.1 Å². The summed E-state index contributed by atoms with van der Waals surface area (Å²) in [7, 11) is 0. The molecule has 0 bridgehead atoms. The van der Waals surface area contributed by atoms with E-state index >= 15 is 0 Å². The molecule has 0 unspecified atom stereocenters. The Morgan fingerprint density at radius 1 is 1.27 bits per heavy atom. The Hall–Kier alpha value is -0.575. The van der Waals surface area contributed by atoms with Gasteiger partial charge in [0, 0.05) is 0 Å². The Morgan fingerprint density at radius 3 is 2.18 bits per heavy atom. The van der Waals surface area contributed by atoms with Gasteiger partial charge in [0.2, 0.25) is 0 Å². The molecule has 0 fully saturated rings. The van der Waals surface area contributed by atoms with Crippen molar-refractivity contribution in [2.45, 2.75) is 0 Å². The molecule has 0 aliphatic rings. The van der Waals surface area contributed by atoms with E-state index in [9.17, 15) is 4.79 Å². The molecular weight excluding hydrogens is 333 g/mol. The molecule has 0 amide bonds.